The number of benzene rings is 1. The molecule has 0 aliphatic heterocycles. The number of amides is 1. The second kappa shape index (κ2) is 7.13. The minimum atomic E-state index is -0.0741. The van der Waals surface area contributed by atoms with E-state index in [4.69, 9.17) is 4.74 Å². The second-order valence-electron chi connectivity index (χ2n) is 3.78. The Hall–Kier alpha value is -0.390. The Morgan fingerprint density at radius 2 is 2.18 bits per heavy atom. The number of methoxy groups -OCH3 is 1. The second-order valence-corrected chi connectivity index (χ2v) is 5.99. The molecule has 1 aromatic rings. The molecule has 1 N–H and O–H groups in total. The van der Waals surface area contributed by atoms with Crippen molar-refractivity contribution in [3.8, 4) is 0 Å². The van der Waals surface area contributed by atoms with Gasteiger partial charge in [-0.25, -0.2) is 0 Å². The van der Waals surface area contributed by atoms with Crippen LogP contribution in [-0.2, 0) is 4.74 Å². The minimum Gasteiger partial charge on any atom is -0.383 e. The van der Waals surface area contributed by atoms with Crippen LogP contribution >= 0.6 is 31.9 Å². The molecule has 17 heavy (non-hydrogen) atoms. The van der Waals surface area contributed by atoms with Crippen LogP contribution in [0.3, 0.4) is 0 Å². The van der Waals surface area contributed by atoms with Gasteiger partial charge in [0, 0.05) is 23.7 Å². The van der Waals surface area contributed by atoms with Crippen LogP contribution < -0.4 is 5.32 Å². The standard InChI is InChI=1S/C12H15Br2NO2/c1-8-3-9(5-10(13)4-8)12(16)15-6-11(14)7-17-2/h3-5,11H,6-7H2,1-2H3,(H,15,16). The summed E-state index contributed by atoms with van der Waals surface area (Å²) in [6.07, 6.45) is 0. The molecule has 0 heterocycles. The molecule has 0 fully saturated rings. The summed E-state index contributed by atoms with van der Waals surface area (Å²) in [5.41, 5.74) is 1.71. The van der Waals surface area contributed by atoms with E-state index in [1.165, 1.54) is 0 Å². The fourth-order valence-electron chi connectivity index (χ4n) is 1.41. The Balaban J connectivity index is 2.58. The van der Waals surface area contributed by atoms with Crippen molar-refractivity contribution in [1.29, 1.82) is 0 Å². The molecule has 5 heteroatoms. The van der Waals surface area contributed by atoms with Crippen LogP contribution in [0.25, 0.3) is 0 Å². The maximum absolute atomic E-state index is 11.9. The molecule has 0 spiro atoms. The average Bonchev–Trinajstić information content (AvgIpc) is 2.25. The first-order valence-corrected chi connectivity index (χ1v) is 6.92. The lowest BCUT2D eigenvalue weighted by atomic mass is 10.1. The molecule has 0 saturated heterocycles. The predicted molar refractivity (Wildman–Crippen MR) is 75.8 cm³/mol. The minimum absolute atomic E-state index is 0.0741. The van der Waals surface area contributed by atoms with E-state index in [2.05, 4.69) is 37.2 Å². The number of carbonyl (C=O) groups is 1. The molecule has 1 aromatic carbocycles. The number of aryl methyl sites for hydroxylation is 1. The van der Waals surface area contributed by atoms with Crippen LogP contribution in [0.4, 0.5) is 0 Å². The Morgan fingerprint density at radius 1 is 1.47 bits per heavy atom. The van der Waals surface area contributed by atoms with Crippen molar-refractivity contribution in [2.45, 2.75) is 11.8 Å². The van der Waals surface area contributed by atoms with Crippen molar-refractivity contribution in [3.05, 3.63) is 33.8 Å². The van der Waals surface area contributed by atoms with Gasteiger partial charge in [-0.1, -0.05) is 31.9 Å². The molecule has 1 unspecified atom stereocenters. The molecule has 3 nitrogen and oxygen atoms in total. The molecule has 1 atom stereocenters. The number of nitrogens with one attached hydrogen (secondary N) is 1. The van der Waals surface area contributed by atoms with Gasteiger partial charge in [0.1, 0.15) is 0 Å². The number of carbonyl (C=O) groups excluding carboxylic acids is 1. The van der Waals surface area contributed by atoms with Gasteiger partial charge in [-0.05, 0) is 30.7 Å². The fraction of sp³-hybridized carbons (Fsp3) is 0.417. The van der Waals surface area contributed by atoms with Gasteiger partial charge >= 0.3 is 0 Å². The number of hydrogen-bond acceptors (Lipinski definition) is 2. The summed E-state index contributed by atoms with van der Waals surface area (Å²) in [7, 11) is 1.63. The van der Waals surface area contributed by atoms with E-state index >= 15 is 0 Å². The quantitative estimate of drug-likeness (QED) is 0.816. The first-order valence-electron chi connectivity index (χ1n) is 5.21. The number of rotatable bonds is 5. The predicted octanol–water partition coefficient (Wildman–Crippen LogP) is 2.90. The molecule has 1 rings (SSSR count). The van der Waals surface area contributed by atoms with Crippen LogP contribution in [0.5, 0.6) is 0 Å². The Bertz CT molecular complexity index is 376. The zero-order valence-electron chi connectivity index (χ0n) is 9.80. The highest BCUT2D eigenvalue weighted by Gasteiger charge is 2.09. The van der Waals surface area contributed by atoms with Crippen molar-refractivity contribution in [1.82, 2.24) is 5.32 Å². The number of alkyl halides is 1. The van der Waals surface area contributed by atoms with E-state index in [9.17, 15) is 4.79 Å². The molecular formula is C12H15Br2NO2. The maximum atomic E-state index is 11.9. The molecular weight excluding hydrogens is 350 g/mol. The van der Waals surface area contributed by atoms with Gasteiger partial charge in [-0.3, -0.25) is 4.79 Å². The molecule has 0 bridgehead atoms. The Labute approximate surface area is 118 Å². The summed E-state index contributed by atoms with van der Waals surface area (Å²) in [6, 6.07) is 5.64. The van der Waals surface area contributed by atoms with Gasteiger partial charge in [0.25, 0.3) is 5.91 Å². The topological polar surface area (TPSA) is 38.3 Å². The van der Waals surface area contributed by atoms with Gasteiger partial charge in [-0.2, -0.15) is 0 Å². The molecule has 0 saturated carbocycles. The summed E-state index contributed by atoms with van der Waals surface area (Å²) in [5, 5.41) is 2.85. The third-order valence-electron chi connectivity index (χ3n) is 2.14. The molecule has 0 aliphatic rings. The maximum Gasteiger partial charge on any atom is 0.251 e. The van der Waals surface area contributed by atoms with Gasteiger partial charge in [-0.15, -0.1) is 0 Å². The number of ether oxygens (including phenoxy) is 1. The van der Waals surface area contributed by atoms with Crippen molar-refractivity contribution in [3.63, 3.8) is 0 Å². The van der Waals surface area contributed by atoms with Crippen LogP contribution in [0.2, 0.25) is 0 Å². The third-order valence-corrected chi connectivity index (χ3v) is 3.18. The summed E-state index contributed by atoms with van der Waals surface area (Å²) in [4.78, 5) is 12.0. The molecule has 1 amide bonds. The van der Waals surface area contributed by atoms with Gasteiger partial charge < -0.3 is 10.1 Å². The summed E-state index contributed by atoms with van der Waals surface area (Å²) in [5.74, 6) is -0.0741. The highest BCUT2D eigenvalue weighted by Crippen LogP contribution is 2.15. The smallest absolute Gasteiger partial charge is 0.251 e. The van der Waals surface area contributed by atoms with E-state index in [0.29, 0.717) is 18.7 Å². The van der Waals surface area contributed by atoms with Gasteiger partial charge in [0.15, 0.2) is 0 Å². The first kappa shape index (κ1) is 14.7. The fourth-order valence-corrected chi connectivity index (χ4v) is 2.45. The summed E-state index contributed by atoms with van der Waals surface area (Å²) in [6.45, 7) is 3.07. The highest BCUT2D eigenvalue weighted by atomic mass is 79.9. The summed E-state index contributed by atoms with van der Waals surface area (Å²) >= 11 is 6.80. The van der Waals surface area contributed by atoms with Crippen molar-refractivity contribution < 1.29 is 9.53 Å². The van der Waals surface area contributed by atoms with E-state index in [0.717, 1.165) is 10.0 Å². The lowest BCUT2D eigenvalue weighted by Gasteiger charge is -2.10. The first-order chi connectivity index (χ1) is 8.02. The highest BCUT2D eigenvalue weighted by molar-refractivity contribution is 9.10. The zero-order chi connectivity index (χ0) is 12.8. The van der Waals surface area contributed by atoms with Gasteiger partial charge in [0.2, 0.25) is 0 Å². The van der Waals surface area contributed by atoms with Gasteiger partial charge in [0.05, 0.1) is 11.4 Å². The Kier molecular flexibility index (Phi) is 6.16. The Morgan fingerprint density at radius 3 is 2.76 bits per heavy atom. The monoisotopic (exact) mass is 363 g/mol. The van der Waals surface area contributed by atoms with Crippen LogP contribution in [0, 0.1) is 6.92 Å². The van der Waals surface area contributed by atoms with E-state index in [-0.39, 0.29) is 10.7 Å². The molecule has 94 valence electrons. The van der Waals surface area contributed by atoms with E-state index in [1.807, 2.05) is 25.1 Å². The van der Waals surface area contributed by atoms with Crippen molar-refractivity contribution in [2.75, 3.05) is 20.3 Å². The normalized spacial score (nSPS) is 12.2. The van der Waals surface area contributed by atoms with Crippen LogP contribution in [-0.4, -0.2) is 31.0 Å². The number of hydrogen-bond donors (Lipinski definition) is 1. The van der Waals surface area contributed by atoms with E-state index < -0.39 is 0 Å². The largest absolute Gasteiger partial charge is 0.383 e. The SMILES string of the molecule is COCC(Br)CNC(=O)c1cc(C)cc(Br)c1. The zero-order valence-corrected chi connectivity index (χ0v) is 13.0. The lowest BCUT2D eigenvalue weighted by Crippen LogP contribution is -2.31. The lowest BCUT2D eigenvalue weighted by molar-refractivity contribution is 0.0950. The molecule has 0 aromatic heterocycles. The summed E-state index contributed by atoms with van der Waals surface area (Å²) < 4.78 is 5.89. The van der Waals surface area contributed by atoms with Crippen LogP contribution in [0.15, 0.2) is 22.7 Å². The van der Waals surface area contributed by atoms with Crippen LogP contribution in [0.1, 0.15) is 15.9 Å². The number of halogens is 2. The molecule has 0 aliphatic carbocycles. The molecule has 0 radical (unpaired) electrons. The third kappa shape index (κ3) is 5.19. The average molecular weight is 365 g/mol. The van der Waals surface area contributed by atoms with E-state index in [1.54, 1.807) is 7.11 Å². The van der Waals surface area contributed by atoms with Crippen molar-refractivity contribution >= 4 is 37.8 Å². The van der Waals surface area contributed by atoms with Crippen molar-refractivity contribution in [2.24, 2.45) is 0 Å².